The summed E-state index contributed by atoms with van der Waals surface area (Å²) in [5.41, 5.74) is 2.14. The summed E-state index contributed by atoms with van der Waals surface area (Å²) in [5, 5.41) is 0.791. The summed E-state index contributed by atoms with van der Waals surface area (Å²) >= 11 is 6.70. The van der Waals surface area contributed by atoms with Gasteiger partial charge in [-0.1, -0.05) is 44.0 Å². The van der Waals surface area contributed by atoms with Gasteiger partial charge in [0.1, 0.15) is 5.75 Å². The number of hydrogen-bond acceptors (Lipinski definition) is 1. The zero-order valence-corrected chi connectivity index (χ0v) is 12.9. The lowest BCUT2D eigenvalue weighted by Crippen LogP contribution is -1.91. The van der Waals surface area contributed by atoms with E-state index in [1.807, 2.05) is 25.1 Å². The summed E-state index contributed by atoms with van der Waals surface area (Å²) in [6.45, 7) is 1.94. The van der Waals surface area contributed by atoms with Crippen LogP contribution in [0.15, 0.2) is 40.9 Å². The normalized spacial score (nSPS) is 10.4. The third-order valence-corrected chi connectivity index (χ3v) is 3.65. The van der Waals surface area contributed by atoms with Crippen molar-refractivity contribution in [2.24, 2.45) is 0 Å². The van der Waals surface area contributed by atoms with Crippen LogP contribution in [0.4, 0.5) is 4.39 Å². The van der Waals surface area contributed by atoms with E-state index in [0.717, 1.165) is 20.9 Å². The number of aryl methyl sites for hydroxylation is 1. The van der Waals surface area contributed by atoms with Crippen molar-refractivity contribution < 1.29 is 9.13 Å². The Balaban J connectivity index is 2.31. The van der Waals surface area contributed by atoms with Crippen molar-refractivity contribution in [1.29, 1.82) is 0 Å². The van der Waals surface area contributed by atoms with Crippen LogP contribution in [-0.2, 0) is 5.33 Å². The standard InChI is InChI=1S/C14H11Br2FO/c1-9-6-10(8-15)2-5-13(9)18-14-7-11(16)3-4-12(14)17/h2-7H,8H2,1H3. The second-order valence-corrected chi connectivity index (χ2v) is 5.39. The van der Waals surface area contributed by atoms with Crippen LogP contribution in [0.3, 0.4) is 0 Å². The molecular formula is C14H11Br2FO. The van der Waals surface area contributed by atoms with Crippen molar-refractivity contribution in [2.45, 2.75) is 12.3 Å². The number of benzene rings is 2. The van der Waals surface area contributed by atoms with E-state index in [2.05, 4.69) is 31.9 Å². The van der Waals surface area contributed by atoms with Crippen molar-refractivity contribution in [2.75, 3.05) is 0 Å². The number of halogens is 3. The molecule has 0 saturated heterocycles. The highest BCUT2D eigenvalue weighted by atomic mass is 79.9. The van der Waals surface area contributed by atoms with E-state index in [-0.39, 0.29) is 11.6 Å². The Morgan fingerprint density at radius 1 is 1.11 bits per heavy atom. The van der Waals surface area contributed by atoms with Crippen molar-refractivity contribution in [1.82, 2.24) is 0 Å². The predicted molar refractivity (Wildman–Crippen MR) is 78.0 cm³/mol. The Kier molecular flexibility index (Phi) is 4.40. The quantitative estimate of drug-likeness (QED) is 0.637. The van der Waals surface area contributed by atoms with Gasteiger partial charge in [0.2, 0.25) is 0 Å². The topological polar surface area (TPSA) is 9.23 Å². The second kappa shape index (κ2) is 5.85. The molecule has 2 rings (SSSR count). The maximum absolute atomic E-state index is 13.6. The predicted octanol–water partition coefficient (Wildman–Crippen LogP) is 5.58. The maximum atomic E-state index is 13.6. The molecule has 0 fully saturated rings. The van der Waals surface area contributed by atoms with Gasteiger partial charge in [-0.05, 0) is 42.3 Å². The van der Waals surface area contributed by atoms with Crippen LogP contribution in [0.2, 0.25) is 0 Å². The van der Waals surface area contributed by atoms with E-state index in [0.29, 0.717) is 5.75 Å². The molecule has 0 aliphatic rings. The number of hydrogen-bond donors (Lipinski definition) is 0. The van der Waals surface area contributed by atoms with Gasteiger partial charge in [-0.3, -0.25) is 0 Å². The summed E-state index contributed by atoms with van der Waals surface area (Å²) < 4.78 is 20.0. The van der Waals surface area contributed by atoms with Gasteiger partial charge in [0.05, 0.1) is 0 Å². The zero-order chi connectivity index (χ0) is 13.1. The molecule has 2 aromatic rings. The van der Waals surface area contributed by atoms with Gasteiger partial charge in [0.15, 0.2) is 11.6 Å². The molecule has 0 radical (unpaired) electrons. The average Bonchev–Trinajstić information content (AvgIpc) is 2.36. The lowest BCUT2D eigenvalue weighted by atomic mass is 10.1. The average molecular weight is 374 g/mol. The summed E-state index contributed by atoms with van der Waals surface area (Å²) in [6, 6.07) is 10.5. The molecule has 0 spiro atoms. The fourth-order valence-corrected chi connectivity index (χ4v) is 2.27. The summed E-state index contributed by atoms with van der Waals surface area (Å²) in [4.78, 5) is 0. The van der Waals surface area contributed by atoms with Crippen molar-refractivity contribution in [3.63, 3.8) is 0 Å². The molecule has 0 aromatic heterocycles. The van der Waals surface area contributed by atoms with E-state index in [1.165, 1.54) is 6.07 Å². The highest BCUT2D eigenvalue weighted by Crippen LogP contribution is 2.30. The Morgan fingerprint density at radius 2 is 1.89 bits per heavy atom. The molecule has 0 atom stereocenters. The first-order valence-corrected chi connectivity index (χ1v) is 7.30. The third-order valence-electron chi connectivity index (χ3n) is 2.51. The SMILES string of the molecule is Cc1cc(CBr)ccc1Oc1cc(Br)ccc1F. The molecule has 0 aliphatic heterocycles. The van der Waals surface area contributed by atoms with E-state index < -0.39 is 0 Å². The Bertz CT molecular complexity index is 570. The summed E-state index contributed by atoms with van der Waals surface area (Å²) in [6.07, 6.45) is 0. The smallest absolute Gasteiger partial charge is 0.165 e. The molecule has 18 heavy (non-hydrogen) atoms. The molecule has 0 aliphatic carbocycles. The fourth-order valence-electron chi connectivity index (χ4n) is 1.58. The van der Waals surface area contributed by atoms with Crippen LogP contribution in [0.5, 0.6) is 11.5 Å². The lowest BCUT2D eigenvalue weighted by molar-refractivity contribution is 0.439. The molecule has 0 N–H and O–H groups in total. The van der Waals surface area contributed by atoms with Gasteiger partial charge in [0.25, 0.3) is 0 Å². The second-order valence-electron chi connectivity index (χ2n) is 3.91. The van der Waals surface area contributed by atoms with Crippen molar-refractivity contribution in [3.05, 3.63) is 57.8 Å². The molecule has 0 saturated carbocycles. The maximum Gasteiger partial charge on any atom is 0.165 e. The van der Waals surface area contributed by atoms with Crippen molar-refractivity contribution in [3.8, 4) is 11.5 Å². The largest absolute Gasteiger partial charge is 0.454 e. The van der Waals surface area contributed by atoms with Gasteiger partial charge in [0, 0.05) is 9.80 Å². The van der Waals surface area contributed by atoms with Gasteiger partial charge < -0.3 is 4.74 Å². The molecule has 2 aromatic carbocycles. The monoisotopic (exact) mass is 372 g/mol. The number of ether oxygens (including phenoxy) is 1. The van der Waals surface area contributed by atoms with E-state index >= 15 is 0 Å². The Morgan fingerprint density at radius 3 is 2.56 bits per heavy atom. The first-order valence-electron chi connectivity index (χ1n) is 5.38. The van der Waals surface area contributed by atoms with Crippen LogP contribution in [0.25, 0.3) is 0 Å². The molecule has 0 unspecified atom stereocenters. The van der Waals surface area contributed by atoms with Crippen LogP contribution in [-0.4, -0.2) is 0 Å². The van der Waals surface area contributed by atoms with Crippen LogP contribution >= 0.6 is 31.9 Å². The lowest BCUT2D eigenvalue weighted by Gasteiger charge is -2.10. The number of rotatable bonds is 3. The minimum absolute atomic E-state index is 0.221. The first kappa shape index (κ1) is 13.6. The summed E-state index contributed by atoms with van der Waals surface area (Å²) in [7, 11) is 0. The van der Waals surface area contributed by atoms with Crippen LogP contribution < -0.4 is 4.74 Å². The molecule has 0 heterocycles. The Hall–Kier alpha value is -0.870. The molecular weight excluding hydrogens is 363 g/mol. The first-order chi connectivity index (χ1) is 8.60. The van der Waals surface area contributed by atoms with Crippen LogP contribution in [0.1, 0.15) is 11.1 Å². The van der Waals surface area contributed by atoms with E-state index in [4.69, 9.17) is 4.74 Å². The molecule has 94 valence electrons. The highest BCUT2D eigenvalue weighted by Gasteiger charge is 2.07. The molecule has 0 amide bonds. The molecule has 0 bridgehead atoms. The highest BCUT2D eigenvalue weighted by molar-refractivity contribution is 9.10. The van der Waals surface area contributed by atoms with Crippen LogP contribution in [0, 0.1) is 12.7 Å². The minimum Gasteiger partial charge on any atom is -0.454 e. The molecule has 4 heteroatoms. The fraction of sp³-hybridized carbons (Fsp3) is 0.143. The van der Waals surface area contributed by atoms with Gasteiger partial charge in [-0.25, -0.2) is 4.39 Å². The van der Waals surface area contributed by atoms with Gasteiger partial charge in [-0.2, -0.15) is 0 Å². The Labute approximate surface area is 122 Å². The zero-order valence-electron chi connectivity index (χ0n) is 9.71. The molecule has 1 nitrogen and oxygen atoms in total. The van der Waals surface area contributed by atoms with Gasteiger partial charge in [-0.15, -0.1) is 0 Å². The van der Waals surface area contributed by atoms with E-state index in [9.17, 15) is 4.39 Å². The summed E-state index contributed by atoms with van der Waals surface area (Å²) in [5.74, 6) is 0.512. The van der Waals surface area contributed by atoms with Gasteiger partial charge >= 0.3 is 0 Å². The minimum atomic E-state index is -0.373. The van der Waals surface area contributed by atoms with Crippen molar-refractivity contribution >= 4 is 31.9 Å². The third kappa shape index (κ3) is 3.12. The van der Waals surface area contributed by atoms with E-state index in [1.54, 1.807) is 12.1 Å². The number of alkyl halides is 1.